The van der Waals surface area contributed by atoms with Crippen molar-refractivity contribution in [1.29, 1.82) is 0 Å². The van der Waals surface area contributed by atoms with Gasteiger partial charge in [0.15, 0.2) is 0 Å². The molecule has 1 saturated heterocycles. The van der Waals surface area contributed by atoms with Gasteiger partial charge in [0.1, 0.15) is 0 Å². The van der Waals surface area contributed by atoms with Crippen molar-refractivity contribution < 1.29 is 13.6 Å². The third kappa shape index (κ3) is 2.38. The summed E-state index contributed by atoms with van der Waals surface area (Å²) < 4.78 is 15.7. The topological polar surface area (TPSA) is 27.7 Å². The monoisotopic (exact) mass is 178 g/mol. The van der Waals surface area contributed by atoms with Crippen LogP contribution in [0, 0.1) is 5.41 Å². The van der Waals surface area contributed by atoms with Crippen LogP contribution in [0.5, 0.6) is 0 Å². The minimum absolute atomic E-state index is 0.148. The summed E-state index contributed by atoms with van der Waals surface area (Å²) in [6.45, 7) is 7.06. The molecule has 0 aromatic heterocycles. The first kappa shape index (κ1) is 9.40. The van der Waals surface area contributed by atoms with Crippen molar-refractivity contribution in [3.63, 3.8) is 0 Å². The maximum Gasteiger partial charge on any atom is 0.332 e. The maximum absolute atomic E-state index is 5.50. The van der Waals surface area contributed by atoms with Gasteiger partial charge in [0, 0.05) is 7.11 Å². The van der Waals surface area contributed by atoms with E-state index in [0.717, 1.165) is 0 Å². The van der Waals surface area contributed by atoms with Crippen molar-refractivity contribution in [2.24, 2.45) is 5.41 Å². The molecule has 0 bridgehead atoms. The van der Waals surface area contributed by atoms with Crippen molar-refractivity contribution in [1.82, 2.24) is 0 Å². The molecule has 4 heteroatoms. The standard InChI is InChI=1S/C7H15O3P/c1-7(2,3)6-5-9-11(8-4)10-6/h6H,5H2,1-4H3/t6-,11-/m0/s1. The lowest BCUT2D eigenvalue weighted by molar-refractivity contribution is 0.106. The van der Waals surface area contributed by atoms with Gasteiger partial charge in [0.25, 0.3) is 0 Å². The zero-order valence-electron chi connectivity index (χ0n) is 7.46. The lowest BCUT2D eigenvalue weighted by Crippen LogP contribution is -2.27. The van der Waals surface area contributed by atoms with Gasteiger partial charge < -0.3 is 13.6 Å². The molecule has 0 spiro atoms. The fourth-order valence-corrected chi connectivity index (χ4v) is 1.89. The summed E-state index contributed by atoms with van der Waals surface area (Å²) in [5, 5.41) is 0. The first-order valence-electron chi connectivity index (χ1n) is 3.68. The molecule has 11 heavy (non-hydrogen) atoms. The second-order valence-electron chi connectivity index (χ2n) is 3.66. The number of hydrogen-bond donors (Lipinski definition) is 0. The Hall–Kier alpha value is 0.310. The molecule has 1 aliphatic heterocycles. The molecule has 0 aliphatic carbocycles. The maximum atomic E-state index is 5.50. The summed E-state index contributed by atoms with van der Waals surface area (Å²) in [6.07, 6.45) is 0.175. The number of hydrogen-bond acceptors (Lipinski definition) is 3. The summed E-state index contributed by atoms with van der Waals surface area (Å²) in [4.78, 5) is 0. The van der Waals surface area contributed by atoms with E-state index in [4.69, 9.17) is 13.6 Å². The van der Waals surface area contributed by atoms with Gasteiger partial charge in [-0.05, 0) is 5.41 Å². The average molecular weight is 178 g/mol. The molecule has 1 rings (SSSR count). The molecule has 2 atom stereocenters. The third-order valence-corrected chi connectivity index (χ3v) is 2.74. The van der Waals surface area contributed by atoms with Crippen LogP contribution in [0.1, 0.15) is 20.8 Å². The summed E-state index contributed by atoms with van der Waals surface area (Å²) in [7, 11) is 0.561. The van der Waals surface area contributed by atoms with Crippen LogP contribution in [0.15, 0.2) is 0 Å². The normalized spacial score (nSPS) is 32.7. The number of rotatable bonds is 1. The summed E-state index contributed by atoms with van der Waals surface area (Å²) in [5.74, 6) is 0. The molecular formula is C7H15O3P. The highest BCUT2D eigenvalue weighted by Gasteiger charge is 2.35. The molecule has 1 heterocycles. The van der Waals surface area contributed by atoms with E-state index in [0.29, 0.717) is 6.61 Å². The first-order valence-corrected chi connectivity index (χ1v) is 4.77. The average Bonchev–Trinajstić information content (AvgIpc) is 2.32. The Morgan fingerprint density at radius 2 is 2.09 bits per heavy atom. The fraction of sp³-hybridized carbons (Fsp3) is 1.00. The Morgan fingerprint density at radius 3 is 2.36 bits per heavy atom. The van der Waals surface area contributed by atoms with Gasteiger partial charge in [-0.3, -0.25) is 0 Å². The van der Waals surface area contributed by atoms with Crippen LogP contribution in [0.3, 0.4) is 0 Å². The Bertz CT molecular complexity index is 132. The van der Waals surface area contributed by atoms with E-state index in [1.165, 1.54) is 0 Å². The SMILES string of the molecule is CO[P@@]1OC[C@@H](C(C)(C)C)O1. The quantitative estimate of drug-likeness (QED) is 0.577. The largest absolute Gasteiger partial charge is 0.332 e. The van der Waals surface area contributed by atoms with Gasteiger partial charge in [-0.2, -0.15) is 0 Å². The van der Waals surface area contributed by atoms with Crippen LogP contribution in [0.2, 0.25) is 0 Å². The fourth-order valence-electron chi connectivity index (χ4n) is 0.797. The van der Waals surface area contributed by atoms with Crippen LogP contribution in [0.25, 0.3) is 0 Å². The van der Waals surface area contributed by atoms with Crippen molar-refractivity contribution in [3.05, 3.63) is 0 Å². The van der Waals surface area contributed by atoms with Crippen molar-refractivity contribution >= 4 is 8.60 Å². The lowest BCUT2D eigenvalue weighted by Gasteiger charge is -2.23. The van der Waals surface area contributed by atoms with E-state index in [1.807, 2.05) is 0 Å². The third-order valence-electron chi connectivity index (χ3n) is 1.66. The summed E-state index contributed by atoms with van der Waals surface area (Å²) in [6, 6.07) is 0. The molecule has 0 amide bonds. The highest BCUT2D eigenvalue weighted by atomic mass is 31.2. The molecule has 0 unspecified atom stereocenters. The van der Waals surface area contributed by atoms with Gasteiger partial charge in [-0.25, -0.2) is 0 Å². The van der Waals surface area contributed by atoms with Crippen LogP contribution in [-0.2, 0) is 13.6 Å². The van der Waals surface area contributed by atoms with E-state index in [9.17, 15) is 0 Å². The highest BCUT2D eigenvalue weighted by molar-refractivity contribution is 7.41. The van der Waals surface area contributed by atoms with Gasteiger partial charge >= 0.3 is 8.60 Å². The summed E-state index contributed by atoms with van der Waals surface area (Å²) >= 11 is 0. The Morgan fingerprint density at radius 1 is 1.45 bits per heavy atom. The smallest absolute Gasteiger partial charge is 0.316 e. The van der Waals surface area contributed by atoms with Crippen molar-refractivity contribution in [3.8, 4) is 0 Å². The minimum atomic E-state index is -1.05. The van der Waals surface area contributed by atoms with Gasteiger partial charge in [-0.15, -0.1) is 0 Å². The Labute approximate surface area is 69.0 Å². The predicted octanol–water partition coefficient (Wildman–Crippen LogP) is 2.32. The van der Waals surface area contributed by atoms with Crippen LogP contribution >= 0.6 is 8.60 Å². The molecule has 0 radical (unpaired) electrons. The lowest BCUT2D eigenvalue weighted by atomic mass is 9.90. The molecule has 0 aromatic carbocycles. The molecule has 3 nitrogen and oxygen atoms in total. The van der Waals surface area contributed by atoms with E-state index >= 15 is 0 Å². The van der Waals surface area contributed by atoms with E-state index in [2.05, 4.69) is 20.8 Å². The second kappa shape index (κ2) is 3.36. The Kier molecular flexibility index (Phi) is 2.87. The van der Waals surface area contributed by atoms with Gasteiger partial charge in [0.05, 0.1) is 12.7 Å². The molecule has 0 aromatic rings. The molecule has 1 fully saturated rings. The molecular weight excluding hydrogens is 163 g/mol. The molecule has 0 saturated carbocycles. The molecule has 66 valence electrons. The first-order chi connectivity index (χ1) is 5.04. The second-order valence-corrected chi connectivity index (χ2v) is 4.94. The van der Waals surface area contributed by atoms with Crippen LogP contribution in [-0.4, -0.2) is 19.8 Å². The van der Waals surface area contributed by atoms with Crippen LogP contribution in [0.4, 0.5) is 0 Å². The molecule has 1 aliphatic rings. The van der Waals surface area contributed by atoms with E-state index in [-0.39, 0.29) is 11.5 Å². The van der Waals surface area contributed by atoms with E-state index < -0.39 is 8.60 Å². The van der Waals surface area contributed by atoms with Crippen molar-refractivity contribution in [2.75, 3.05) is 13.7 Å². The summed E-state index contributed by atoms with van der Waals surface area (Å²) in [5.41, 5.74) is 0.148. The Balaban J connectivity index is 2.42. The highest BCUT2D eigenvalue weighted by Crippen LogP contribution is 2.49. The van der Waals surface area contributed by atoms with Gasteiger partial charge in [0.2, 0.25) is 0 Å². The van der Waals surface area contributed by atoms with Crippen LogP contribution < -0.4 is 0 Å². The van der Waals surface area contributed by atoms with Gasteiger partial charge in [-0.1, -0.05) is 20.8 Å². The zero-order chi connectivity index (χ0) is 8.48. The van der Waals surface area contributed by atoms with Crippen molar-refractivity contribution in [2.45, 2.75) is 26.9 Å². The minimum Gasteiger partial charge on any atom is -0.316 e. The zero-order valence-corrected chi connectivity index (χ0v) is 8.35. The predicted molar refractivity (Wildman–Crippen MR) is 44.2 cm³/mol. The van der Waals surface area contributed by atoms with E-state index in [1.54, 1.807) is 7.11 Å². The molecule has 0 N–H and O–H groups in total.